The summed E-state index contributed by atoms with van der Waals surface area (Å²) in [4.78, 5) is 14.5. The van der Waals surface area contributed by atoms with E-state index in [1.54, 1.807) is 0 Å². The molecular formula is C10H7BrN2O4S2. The van der Waals surface area contributed by atoms with Crippen molar-refractivity contribution in [3.05, 3.63) is 39.9 Å². The third-order valence-corrected chi connectivity index (χ3v) is 4.93. The molecule has 0 aliphatic rings. The molecule has 0 unspecified atom stereocenters. The maximum Gasteiger partial charge on any atom is 0.345 e. The summed E-state index contributed by atoms with van der Waals surface area (Å²) >= 11 is 3.98. The quantitative estimate of drug-likeness (QED) is 0.870. The van der Waals surface area contributed by atoms with Gasteiger partial charge in [0.1, 0.15) is 14.8 Å². The first-order chi connectivity index (χ1) is 8.88. The van der Waals surface area contributed by atoms with Gasteiger partial charge >= 0.3 is 5.97 Å². The Morgan fingerprint density at radius 1 is 1.37 bits per heavy atom. The first kappa shape index (κ1) is 14.0. The molecule has 0 bridgehead atoms. The number of thiophene rings is 1. The van der Waals surface area contributed by atoms with Gasteiger partial charge in [-0.3, -0.25) is 9.71 Å². The Balaban J connectivity index is 2.28. The van der Waals surface area contributed by atoms with Gasteiger partial charge < -0.3 is 5.11 Å². The molecule has 6 nitrogen and oxygen atoms in total. The Morgan fingerprint density at radius 2 is 2.11 bits per heavy atom. The second kappa shape index (κ2) is 5.27. The van der Waals surface area contributed by atoms with Crippen LogP contribution in [0.15, 0.2) is 40.0 Å². The van der Waals surface area contributed by atoms with Gasteiger partial charge in [0, 0.05) is 16.9 Å². The van der Waals surface area contributed by atoms with Gasteiger partial charge in [-0.15, -0.1) is 11.3 Å². The zero-order chi connectivity index (χ0) is 14.0. The summed E-state index contributed by atoms with van der Waals surface area (Å²) in [5.41, 5.74) is 0. The number of rotatable bonds is 4. The van der Waals surface area contributed by atoms with Crippen LogP contribution in [0.3, 0.4) is 0 Å². The molecule has 0 saturated heterocycles. The minimum Gasteiger partial charge on any atom is -0.477 e. The average Bonchev–Trinajstić information content (AvgIpc) is 2.77. The lowest BCUT2D eigenvalue weighted by Crippen LogP contribution is -2.12. The summed E-state index contributed by atoms with van der Waals surface area (Å²) < 4.78 is 26.9. The molecule has 0 spiro atoms. The minimum atomic E-state index is -3.77. The van der Waals surface area contributed by atoms with Gasteiger partial charge in [0.05, 0.1) is 0 Å². The van der Waals surface area contributed by atoms with E-state index in [4.69, 9.17) is 5.11 Å². The van der Waals surface area contributed by atoms with Gasteiger partial charge in [-0.25, -0.2) is 13.2 Å². The van der Waals surface area contributed by atoms with Crippen molar-refractivity contribution in [3.63, 3.8) is 0 Å². The van der Waals surface area contributed by atoms with Crippen molar-refractivity contribution in [1.82, 2.24) is 4.98 Å². The Morgan fingerprint density at radius 3 is 2.68 bits per heavy atom. The second-order valence-corrected chi connectivity index (χ2v) is 7.10. The normalized spacial score (nSPS) is 11.2. The van der Waals surface area contributed by atoms with Gasteiger partial charge in [0.25, 0.3) is 10.0 Å². The second-order valence-electron chi connectivity index (χ2n) is 3.41. The van der Waals surface area contributed by atoms with E-state index in [2.05, 4.69) is 25.6 Å². The van der Waals surface area contributed by atoms with Crippen LogP contribution in [-0.4, -0.2) is 24.5 Å². The summed E-state index contributed by atoms with van der Waals surface area (Å²) in [7, 11) is -3.77. The number of anilines is 1. The number of hydrogen-bond acceptors (Lipinski definition) is 5. The smallest absolute Gasteiger partial charge is 0.345 e. The third kappa shape index (κ3) is 3.31. The van der Waals surface area contributed by atoms with E-state index in [1.807, 2.05) is 0 Å². The van der Waals surface area contributed by atoms with Crippen LogP contribution in [0.4, 0.5) is 5.00 Å². The van der Waals surface area contributed by atoms with Crippen molar-refractivity contribution in [1.29, 1.82) is 0 Å². The predicted molar refractivity (Wildman–Crippen MR) is 74.0 cm³/mol. The Labute approximate surface area is 121 Å². The number of carboxylic acids is 1. The standard InChI is InChI=1S/C10H7BrN2O4S2/c11-6-3-7(5-12-4-6)19(16,17)13-9-2-1-8(18-9)10(14)15/h1-5,13H,(H,14,15). The average molecular weight is 363 g/mol. The first-order valence-electron chi connectivity index (χ1n) is 4.85. The molecule has 0 fully saturated rings. The summed E-state index contributed by atoms with van der Waals surface area (Å²) in [5, 5.41) is 9.00. The highest BCUT2D eigenvalue weighted by molar-refractivity contribution is 9.10. The monoisotopic (exact) mass is 362 g/mol. The fourth-order valence-electron chi connectivity index (χ4n) is 1.24. The molecule has 0 aliphatic carbocycles. The van der Waals surface area contributed by atoms with Crippen molar-refractivity contribution in [3.8, 4) is 0 Å². The van der Waals surface area contributed by atoms with Crippen molar-refractivity contribution < 1.29 is 18.3 Å². The summed E-state index contributed by atoms with van der Waals surface area (Å²) in [6, 6.07) is 4.14. The zero-order valence-electron chi connectivity index (χ0n) is 9.20. The Bertz CT molecular complexity index is 727. The molecule has 0 saturated carbocycles. The fraction of sp³-hybridized carbons (Fsp3) is 0. The number of aromatic carboxylic acids is 1. The highest BCUT2D eigenvalue weighted by Gasteiger charge is 2.17. The van der Waals surface area contributed by atoms with E-state index in [0.29, 0.717) is 4.47 Å². The van der Waals surface area contributed by atoms with E-state index in [-0.39, 0.29) is 14.8 Å². The van der Waals surface area contributed by atoms with Crippen LogP contribution >= 0.6 is 27.3 Å². The Kier molecular flexibility index (Phi) is 3.88. The maximum atomic E-state index is 12.0. The molecule has 2 rings (SSSR count). The fourth-order valence-corrected chi connectivity index (χ4v) is 3.78. The van der Waals surface area contributed by atoms with Crippen LogP contribution in [0.25, 0.3) is 0 Å². The summed E-state index contributed by atoms with van der Waals surface area (Å²) in [6.45, 7) is 0. The molecule has 2 aromatic rings. The number of aromatic nitrogens is 1. The minimum absolute atomic E-state index is 0.00727. The number of halogens is 1. The van der Waals surface area contributed by atoms with Gasteiger partial charge in [-0.1, -0.05) is 0 Å². The molecular weight excluding hydrogens is 356 g/mol. The van der Waals surface area contributed by atoms with Crippen molar-refractivity contribution in [2.24, 2.45) is 0 Å². The largest absolute Gasteiger partial charge is 0.477 e. The predicted octanol–water partition coefficient (Wildman–Crippen LogP) is 2.40. The number of nitrogens with one attached hydrogen (secondary N) is 1. The molecule has 100 valence electrons. The molecule has 0 aliphatic heterocycles. The number of nitrogens with zero attached hydrogens (tertiary/aromatic N) is 1. The molecule has 0 aromatic carbocycles. The summed E-state index contributed by atoms with van der Waals surface area (Å²) in [6.07, 6.45) is 2.67. The SMILES string of the molecule is O=C(O)c1ccc(NS(=O)(=O)c2cncc(Br)c2)s1. The number of carboxylic acid groups (broad SMARTS) is 1. The topological polar surface area (TPSA) is 96.4 Å². The van der Waals surface area contributed by atoms with Crippen molar-refractivity contribution >= 4 is 48.3 Å². The van der Waals surface area contributed by atoms with Crippen LogP contribution < -0.4 is 4.72 Å². The highest BCUT2D eigenvalue weighted by Crippen LogP contribution is 2.25. The number of carbonyl (C=O) groups is 1. The van der Waals surface area contributed by atoms with Gasteiger partial charge in [-0.05, 0) is 34.1 Å². The first-order valence-corrected chi connectivity index (χ1v) is 7.94. The van der Waals surface area contributed by atoms with Crippen LogP contribution in [0.2, 0.25) is 0 Å². The number of pyridine rings is 1. The Hall–Kier alpha value is -1.45. The molecule has 2 N–H and O–H groups in total. The molecule has 0 atom stereocenters. The molecule has 2 aromatic heterocycles. The van der Waals surface area contributed by atoms with Gasteiger partial charge in [-0.2, -0.15) is 0 Å². The highest BCUT2D eigenvalue weighted by atomic mass is 79.9. The van der Waals surface area contributed by atoms with Crippen molar-refractivity contribution in [2.75, 3.05) is 4.72 Å². The van der Waals surface area contributed by atoms with Crippen LogP contribution in [0.5, 0.6) is 0 Å². The van der Waals surface area contributed by atoms with Gasteiger partial charge in [0.2, 0.25) is 0 Å². The molecule has 0 amide bonds. The third-order valence-electron chi connectivity index (χ3n) is 2.04. The van der Waals surface area contributed by atoms with Crippen LogP contribution in [0.1, 0.15) is 9.67 Å². The van der Waals surface area contributed by atoms with Crippen LogP contribution in [0, 0.1) is 0 Å². The zero-order valence-corrected chi connectivity index (χ0v) is 12.4. The molecule has 19 heavy (non-hydrogen) atoms. The lowest BCUT2D eigenvalue weighted by Gasteiger charge is -2.05. The maximum absolute atomic E-state index is 12.0. The van der Waals surface area contributed by atoms with Gasteiger partial charge in [0.15, 0.2) is 0 Å². The van der Waals surface area contributed by atoms with E-state index in [9.17, 15) is 13.2 Å². The van der Waals surface area contributed by atoms with E-state index in [1.165, 1.54) is 30.6 Å². The lowest BCUT2D eigenvalue weighted by molar-refractivity contribution is 0.0702. The van der Waals surface area contributed by atoms with Crippen molar-refractivity contribution in [2.45, 2.75) is 4.90 Å². The van der Waals surface area contributed by atoms with E-state index >= 15 is 0 Å². The van der Waals surface area contributed by atoms with Crippen LogP contribution in [-0.2, 0) is 10.0 Å². The number of hydrogen-bond donors (Lipinski definition) is 2. The number of sulfonamides is 1. The molecule has 0 radical (unpaired) electrons. The van der Waals surface area contributed by atoms with E-state index < -0.39 is 16.0 Å². The molecule has 2 heterocycles. The van der Waals surface area contributed by atoms with E-state index in [0.717, 1.165) is 11.3 Å². The lowest BCUT2D eigenvalue weighted by atomic mass is 10.5. The summed E-state index contributed by atoms with van der Waals surface area (Å²) in [5.74, 6) is -1.10. The molecule has 9 heteroatoms.